The van der Waals surface area contributed by atoms with Crippen LogP contribution in [0.2, 0.25) is 0 Å². The molecular formula is C19H28N2O4. The summed E-state index contributed by atoms with van der Waals surface area (Å²) in [5.74, 6) is 0.962. The standard InChI is InChI=1S/C19H28N2O4/c1-20-11-8-16(22)19(12-20)9-5-10-21(13-19)18(23)14-6-4-7-15(24-2)17(14)25-3/h4,6-7,16,22H,5,8-13H2,1-3H3/t16-,19-/m0/s1. The van der Waals surface area contributed by atoms with Crippen LogP contribution in [0.25, 0.3) is 0 Å². The molecule has 2 saturated heterocycles. The molecule has 25 heavy (non-hydrogen) atoms. The second-order valence-electron chi connectivity index (χ2n) is 7.28. The Bertz CT molecular complexity index is 636. The number of para-hydroxylation sites is 1. The Morgan fingerprint density at radius 2 is 2.04 bits per heavy atom. The number of benzene rings is 1. The Morgan fingerprint density at radius 1 is 1.24 bits per heavy atom. The van der Waals surface area contributed by atoms with Crippen LogP contribution < -0.4 is 9.47 Å². The zero-order valence-electron chi connectivity index (χ0n) is 15.3. The molecule has 2 fully saturated rings. The van der Waals surface area contributed by atoms with Gasteiger partial charge in [0.25, 0.3) is 5.91 Å². The van der Waals surface area contributed by atoms with Gasteiger partial charge >= 0.3 is 0 Å². The minimum absolute atomic E-state index is 0.0600. The van der Waals surface area contributed by atoms with Crippen molar-refractivity contribution in [3.63, 3.8) is 0 Å². The summed E-state index contributed by atoms with van der Waals surface area (Å²) in [5, 5.41) is 10.6. The van der Waals surface area contributed by atoms with E-state index in [-0.39, 0.29) is 17.4 Å². The molecule has 0 saturated carbocycles. The normalized spacial score (nSPS) is 27.4. The number of amides is 1. The van der Waals surface area contributed by atoms with Crippen LogP contribution >= 0.6 is 0 Å². The first kappa shape index (κ1) is 18.0. The fraction of sp³-hybridized carbons (Fsp3) is 0.632. The molecule has 2 aliphatic rings. The molecule has 0 aliphatic carbocycles. The van der Waals surface area contributed by atoms with Crippen LogP contribution in [-0.2, 0) is 0 Å². The van der Waals surface area contributed by atoms with Crippen molar-refractivity contribution < 1.29 is 19.4 Å². The van der Waals surface area contributed by atoms with E-state index in [9.17, 15) is 9.90 Å². The number of carbonyl (C=O) groups excluding carboxylic acids is 1. The first-order chi connectivity index (χ1) is 12.0. The third-order valence-electron chi connectivity index (χ3n) is 5.60. The predicted octanol–water partition coefficient (Wildman–Crippen LogP) is 1.62. The van der Waals surface area contributed by atoms with Crippen LogP contribution in [0.15, 0.2) is 18.2 Å². The summed E-state index contributed by atoms with van der Waals surface area (Å²) in [7, 11) is 5.20. The molecule has 0 aromatic heterocycles. The molecular weight excluding hydrogens is 320 g/mol. The second-order valence-corrected chi connectivity index (χ2v) is 7.28. The van der Waals surface area contributed by atoms with E-state index < -0.39 is 0 Å². The van der Waals surface area contributed by atoms with Crippen molar-refractivity contribution in [2.24, 2.45) is 5.41 Å². The topological polar surface area (TPSA) is 62.2 Å². The molecule has 0 unspecified atom stereocenters. The SMILES string of the molecule is COc1cccc(C(=O)N2CCC[C@]3(CN(C)CC[C@@H]3O)C2)c1OC. The number of piperidine rings is 2. The summed E-state index contributed by atoms with van der Waals surface area (Å²) < 4.78 is 10.7. The van der Waals surface area contributed by atoms with Gasteiger partial charge < -0.3 is 24.4 Å². The molecule has 0 radical (unpaired) electrons. The first-order valence-corrected chi connectivity index (χ1v) is 8.87. The number of methoxy groups -OCH3 is 2. The van der Waals surface area contributed by atoms with Crippen molar-refractivity contribution in [2.45, 2.75) is 25.4 Å². The van der Waals surface area contributed by atoms with Gasteiger partial charge in [0.1, 0.15) is 0 Å². The van der Waals surface area contributed by atoms with Crippen LogP contribution in [-0.4, -0.2) is 74.4 Å². The highest BCUT2D eigenvalue weighted by Gasteiger charge is 2.45. The number of aliphatic hydroxyl groups excluding tert-OH is 1. The maximum absolute atomic E-state index is 13.2. The van der Waals surface area contributed by atoms with Crippen LogP contribution in [0.3, 0.4) is 0 Å². The van der Waals surface area contributed by atoms with E-state index in [1.165, 1.54) is 0 Å². The molecule has 1 amide bonds. The van der Waals surface area contributed by atoms with E-state index >= 15 is 0 Å². The zero-order chi connectivity index (χ0) is 18.0. The summed E-state index contributed by atoms with van der Waals surface area (Å²) in [4.78, 5) is 17.3. The summed E-state index contributed by atoms with van der Waals surface area (Å²) in [6.45, 7) is 3.02. The van der Waals surface area contributed by atoms with E-state index in [0.717, 1.165) is 32.4 Å². The number of hydrogen-bond donors (Lipinski definition) is 1. The second kappa shape index (κ2) is 7.22. The van der Waals surface area contributed by atoms with Crippen molar-refractivity contribution in [2.75, 3.05) is 47.4 Å². The van der Waals surface area contributed by atoms with Gasteiger partial charge in [-0.05, 0) is 38.4 Å². The van der Waals surface area contributed by atoms with Crippen molar-refractivity contribution >= 4 is 5.91 Å². The van der Waals surface area contributed by atoms with Crippen molar-refractivity contribution in [3.05, 3.63) is 23.8 Å². The number of ether oxygens (including phenoxy) is 2. The van der Waals surface area contributed by atoms with Crippen molar-refractivity contribution in [3.8, 4) is 11.5 Å². The van der Waals surface area contributed by atoms with Crippen LogP contribution in [0.4, 0.5) is 0 Å². The minimum Gasteiger partial charge on any atom is -0.493 e. The molecule has 1 aromatic carbocycles. The van der Waals surface area contributed by atoms with Gasteiger partial charge in [0.15, 0.2) is 11.5 Å². The Kier molecular flexibility index (Phi) is 5.20. The van der Waals surface area contributed by atoms with Gasteiger partial charge in [0.2, 0.25) is 0 Å². The summed E-state index contributed by atoms with van der Waals surface area (Å²) in [6.07, 6.45) is 2.27. The highest BCUT2D eigenvalue weighted by atomic mass is 16.5. The lowest BCUT2D eigenvalue weighted by molar-refractivity contribution is -0.0731. The predicted molar refractivity (Wildman–Crippen MR) is 95.2 cm³/mol. The Hall–Kier alpha value is -1.79. The smallest absolute Gasteiger partial charge is 0.257 e. The van der Waals surface area contributed by atoms with Gasteiger partial charge in [-0.3, -0.25) is 4.79 Å². The first-order valence-electron chi connectivity index (χ1n) is 8.87. The molecule has 0 bridgehead atoms. The van der Waals surface area contributed by atoms with E-state index in [1.54, 1.807) is 32.4 Å². The molecule has 1 N–H and O–H groups in total. The number of rotatable bonds is 3. The maximum atomic E-state index is 13.2. The van der Waals surface area contributed by atoms with E-state index in [2.05, 4.69) is 11.9 Å². The molecule has 6 heteroatoms. The van der Waals surface area contributed by atoms with E-state index in [4.69, 9.17) is 9.47 Å². The van der Waals surface area contributed by atoms with E-state index in [0.29, 0.717) is 30.2 Å². The van der Waals surface area contributed by atoms with Gasteiger partial charge in [-0.15, -0.1) is 0 Å². The summed E-state index contributed by atoms with van der Waals surface area (Å²) in [6, 6.07) is 5.36. The number of carbonyl (C=O) groups is 1. The molecule has 2 aliphatic heterocycles. The number of aliphatic hydroxyl groups is 1. The third kappa shape index (κ3) is 3.33. The lowest BCUT2D eigenvalue weighted by Crippen LogP contribution is -2.59. The molecule has 6 nitrogen and oxygen atoms in total. The monoisotopic (exact) mass is 348 g/mol. The molecule has 1 spiro atoms. The average Bonchev–Trinajstić information content (AvgIpc) is 2.63. The Labute approximate surface area is 149 Å². The van der Waals surface area contributed by atoms with Crippen LogP contribution in [0, 0.1) is 5.41 Å². The van der Waals surface area contributed by atoms with Gasteiger partial charge in [0, 0.05) is 31.6 Å². The number of hydrogen-bond acceptors (Lipinski definition) is 5. The van der Waals surface area contributed by atoms with Crippen molar-refractivity contribution in [1.29, 1.82) is 0 Å². The highest BCUT2D eigenvalue weighted by Crippen LogP contribution is 2.40. The Balaban J connectivity index is 1.86. The lowest BCUT2D eigenvalue weighted by atomic mass is 9.71. The number of nitrogens with zero attached hydrogens (tertiary/aromatic N) is 2. The number of likely N-dealkylation sites (tertiary alicyclic amines) is 2. The van der Waals surface area contributed by atoms with Crippen LogP contribution in [0.5, 0.6) is 11.5 Å². The van der Waals surface area contributed by atoms with Gasteiger partial charge in [-0.1, -0.05) is 6.07 Å². The minimum atomic E-state index is -0.355. The van der Waals surface area contributed by atoms with Crippen molar-refractivity contribution in [1.82, 2.24) is 9.80 Å². The maximum Gasteiger partial charge on any atom is 0.257 e. The average molecular weight is 348 g/mol. The highest BCUT2D eigenvalue weighted by molar-refractivity contribution is 5.98. The fourth-order valence-electron chi connectivity index (χ4n) is 4.33. The zero-order valence-corrected chi connectivity index (χ0v) is 15.3. The fourth-order valence-corrected chi connectivity index (χ4v) is 4.33. The van der Waals surface area contributed by atoms with Gasteiger partial charge in [-0.2, -0.15) is 0 Å². The van der Waals surface area contributed by atoms with Crippen LogP contribution in [0.1, 0.15) is 29.6 Å². The molecule has 3 rings (SSSR count). The largest absolute Gasteiger partial charge is 0.493 e. The van der Waals surface area contributed by atoms with E-state index in [1.807, 2.05) is 4.90 Å². The van der Waals surface area contributed by atoms with Gasteiger partial charge in [-0.25, -0.2) is 0 Å². The Morgan fingerprint density at radius 3 is 2.76 bits per heavy atom. The summed E-state index contributed by atoms with van der Waals surface area (Å²) in [5.41, 5.74) is 0.282. The third-order valence-corrected chi connectivity index (χ3v) is 5.60. The summed E-state index contributed by atoms with van der Waals surface area (Å²) >= 11 is 0. The molecule has 138 valence electrons. The quantitative estimate of drug-likeness (QED) is 0.899. The molecule has 1 aromatic rings. The van der Waals surface area contributed by atoms with Gasteiger partial charge in [0.05, 0.1) is 25.9 Å². The molecule has 2 heterocycles. The molecule has 2 atom stereocenters. The lowest BCUT2D eigenvalue weighted by Gasteiger charge is -2.50.